The number of likely N-dealkylation sites (tertiary alicyclic amines) is 1. The van der Waals surface area contributed by atoms with Crippen molar-refractivity contribution in [2.45, 2.75) is 84.9 Å². The normalized spacial score (nSPS) is 15.2. The minimum atomic E-state index is -0.617. The van der Waals surface area contributed by atoms with Gasteiger partial charge in [0, 0.05) is 75.6 Å². The van der Waals surface area contributed by atoms with Gasteiger partial charge < -0.3 is 28.9 Å². The summed E-state index contributed by atoms with van der Waals surface area (Å²) < 4.78 is 32.4. The zero-order chi connectivity index (χ0) is 33.5. The Morgan fingerprint density at radius 3 is 2.36 bits per heavy atom. The van der Waals surface area contributed by atoms with Crippen LogP contribution in [0.25, 0.3) is 11.1 Å². The predicted octanol–water partition coefficient (Wildman–Crippen LogP) is 6.42. The summed E-state index contributed by atoms with van der Waals surface area (Å²) in [5, 5.41) is 0. The molecule has 0 aliphatic carbocycles. The minimum absolute atomic E-state index is 0.150. The van der Waals surface area contributed by atoms with Crippen LogP contribution in [0.2, 0.25) is 0 Å². The van der Waals surface area contributed by atoms with Crippen molar-refractivity contribution < 1.29 is 33.0 Å². The Bertz CT molecular complexity index is 1350. The Hall–Kier alpha value is -3.66. The average Bonchev–Trinajstić information content (AvgIpc) is 2.98. The van der Waals surface area contributed by atoms with Crippen molar-refractivity contribution >= 4 is 17.9 Å². The molecule has 1 aliphatic rings. The van der Waals surface area contributed by atoms with E-state index >= 15 is 4.39 Å². The third kappa shape index (κ3) is 9.19. The first-order chi connectivity index (χ1) is 21.2. The number of hydrogen-bond donors (Lipinski definition) is 0. The quantitative estimate of drug-likeness (QED) is 0.267. The van der Waals surface area contributed by atoms with Crippen LogP contribution in [0.1, 0.15) is 87.1 Å². The van der Waals surface area contributed by atoms with Crippen molar-refractivity contribution in [3.63, 3.8) is 0 Å². The molecule has 3 amide bonds. The van der Waals surface area contributed by atoms with E-state index in [4.69, 9.17) is 14.2 Å². The Morgan fingerprint density at radius 1 is 1.04 bits per heavy atom. The number of hydrogen-bond acceptors (Lipinski definition) is 6. The molecule has 1 unspecified atom stereocenters. The molecule has 1 aliphatic heterocycles. The Morgan fingerprint density at radius 2 is 1.76 bits per heavy atom. The second-order valence-corrected chi connectivity index (χ2v) is 13.0. The van der Waals surface area contributed by atoms with Crippen LogP contribution in [-0.2, 0) is 15.9 Å². The second-order valence-electron chi connectivity index (χ2n) is 13.0. The molecule has 2 aromatic rings. The van der Waals surface area contributed by atoms with Gasteiger partial charge in [-0.15, -0.1) is 0 Å². The van der Waals surface area contributed by atoms with Crippen molar-refractivity contribution in [2.24, 2.45) is 0 Å². The maximum Gasteiger partial charge on any atom is 0.410 e. The molecule has 10 heteroatoms. The van der Waals surface area contributed by atoms with Gasteiger partial charge in [-0.05, 0) is 89.8 Å². The molecular formula is C35H50FN3O6. The predicted molar refractivity (Wildman–Crippen MR) is 173 cm³/mol. The summed E-state index contributed by atoms with van der Waals surface area (Å²) >= 11 is 0. The molecule has 1 atom stereocenters. The molecule has 0 spiro atoms. The number of carbonyl (C=O) groups excluding carboxylic acids is 3. The summed E-state index contributed by atoms with van der Waals surface area (Å²) in [7, 11) is 4.90. The van der Waals surface area contributed by atoms with Gasteiger partial charge in [-0.25, -0.2) is 9.18 Å². The summed E-state index contributed by atoms with van der Waals surface area (Å²) in [6.45, 7) is 13.1. The number of ether oxygens (including phenoxy) is 3. The number of piperidine rings is 1. The van der Waals surface area contributed by atoms with Gasteiger partial charge in [0.15, 0.2) is 0 Å². The third-order valence-corrected chi connectivity index (χ3v) is 7.71. The number of amides is 3. The number of methoxy groups -OCH3 is 1. The highest BCUT2D eigenvalue weighted by molar-refractivity contribution is 5.99. The molecule has 0 saturated carbocycles. The maximum absolute atomic E-state index is 15.4. The van der Waals surface area contributed by atoms with Gasteiger partial charge in [-0.3, -0.25) is 9.59 Å². The van der Waals surface area contributed by atoms with Gasteiger partial charge in [0.05, 0.1) is 12.6 Å². The number of carbonyl (C=O) groups is 3. The van der Waals surface area contributed by atoms with Crippen LogP contribution >= 0.6 is 0 Å². The number of halogens is 1. The van der Waals surface area contributed by atoms with E-state index < -0.39 is 11.4 Å². The van der Waals surface area contributed by atoms with Crippen LogP contribution in [0.4, 0.5) is 9.18 Å². The van der Waals surface area contributed by atoms with E-state index in [-0.39, 0.29) is 35.6 Å². The second kappa shape index (κ2) is 15.6. The molecule has 1 saturated heterocycles. The van der Waals surface area contributed by atoms with Gasteiger partial charge in [-0.2, -0.15) is 0 Å². The fourth-order valence-electron chi connectivity index (χ4n) is 5.59. The topological polar surface area (TPSA) is 88.6 Å². The maximum atomic E-state index is 15.4. The lowest BCUT2D eigenvalue weighted by molar-refractivity contribution is 0.00749. The molecule has 248 valence electrons. The van der Waals surface area contributed by atoms with Crippen molar-refractivity contribution in [1.82, 2.24) is 14.7 Å². The van der Waals surface area contributed by atoms with Gasteiger partial charge in [0.1, 0.15) is 17.2 Å². The van der Waals surface area contributed by atoms with Gasteiger partial charge in [0.2, 0.25) is 0 Å². The van der Waals surface area contributed by atoms with Gasteiger partial charge >= 0.3 is 6.09 Å². The van der Waals surface area contributed by atoms with Crippen LogP contribution in [0.3, 0.4) is 0 Å². The summed E-state index contributed by atoms with van der Waals surface area (Å²) in [5.41, 5.74) is 1.61. The first-order valence-corrected chi connectivity index (χ1v) is 15.8. The fraction of sp³-hybridized carbons (Fsp3) is 0.571. The van der Waals surface area contributed by atoms with E-state index in [0.29, 0.717) is 61.6 Å². The number of nitrogens with zero attached hydrogens (tertiary/aromatic N) is 3. The lowest BCUT2D eigenvalue weighted by atomic mass is 9.93. The third-order valence-electron chi connectivity index (χ3n) is 7.71. The number of aryl methyl sites for hydroxylation is 1. The van der Waals surface area contributed by atoms with E-state index in [0.717, 1.165) is 18.4 Å². The van der Waals surface area contributed by atoms with Crippen LogP contribution in [0.15, 0.2) is 30.3 Å². The summed E-state index contributed by atoms with van der Waals surface area (Å²) in [4.78, 5) is 45.0. The smallest absolute Gasteiger partial charge is 0.410 e. The lowest BCUT2D eigenvalue weighted by Gasteiger charge is -2.42. The SMILES string of the molecule is CCc1cc(-c2cc(C(=O)N(C)C)ccc2F)c(OCCCOC)cc1C(=O)N(C(C)C)C1CCCN(C(=O)OC(C)(C)C)C1. The lowest BCUT2D eigenvalue weighted by Crippen LogP contribution is -2.54. The molecular weight excluding hydrogens is 577 g/mol. The Kier molecular flexibility index (Phi) is 12.4. The molecule has 2 aromatic carbocycles. The van der Waals surface area contributed by atoms with E-state index in [1.807, 2.05) is 46.4 Å². The van der Waals surface area contributed by atoms with Crippen molar-refractivity contribution in [3.8, 4) is 16.9 Å². The Balaban J connectivity index is 2.07. The molecule has 1 heterocycles. The first kappa shape index (κ1) is 35.8. The number of benzene rings is 2. The molecule has 0 N–H and O–H groups in total. The largest absolute Gasteiger partial charge is 0.493 e. The Labute approximate surface area is 267 Å². The van der Waals surface area contributed by atoms with Crippen molar-refractivity contribution in [1.29, 1.82) is 0 Å². The zero-order valence-electron chi connectivity index (χ0n) is 28.4. The molecule has 45 heavy (non-hydrogen) atoms. The molecule has 3 rings (SSSR count). The zero-order valence-corrected chi connectivity index (χ0v) is 28.4. The van der Waals surface area contributed by atoms with E-state index in [1.54, 1.807) is 38.2 Å². The van der Waals surface area contributed by atoms with Crippen LogP contribution in [-0.4, -0.2) is 97.8 Å². The molecule has 0 aromatic heterocycles. The van der Waals surface area contributed by atoms with Crippen LogP contribution < -0.4 is 4.74 Å². The molecule has 9 nitrogen and oxygen atoms in total. The van der Waals surface area contributed by atoms with Crippen LogP contribution in [0, 0.1) is 5.82 Å². The van der Waals surface area contributed by atoms with Crippen LogP contribution in [0.5, 0.6) is 5.75 Å². The highest BCUT2D eigenvalue weighted by atomic mass is 19.1. The highest BCUT2D eigenvalue weighted by Crippen LogP contribution is 2.37. The van der Waals surface area contributed by atoms with E-state index in [2.05, 4.69) is 0 Å². The fourth-order valence-corrected chi connectivity index (χ4v) is 5.59. The number of rotatable bonds is 11. The van der Waals surface area contributed by atoms with Crippen molar-refractivity contribution in [3.05, 3.63) is 52.8 Å². The monoisotopic (exact) mass is 627 g/mol. The van der Waals surface area contributed by atoms with Gasteiger partial charge in [-0.1, -0.05) is 6.92 Å². The standard InChI is InChI=1S/C35H50FN3O6/c1-10-24-19-29(28-20-25(14-15-30(28)36)32(40)37(7)8)31(44-18-12-17-43-9)21-27(24)33(41)39(23(2)3)26-13-11-16-38(22-26)34(42)45-35(4,5)6/h14-15,19-21,23,26H,10-13,16-18,22H2,1-9H3. The van der Waals surface area contributed by atoms with Gasteiger partial charge in [0.25, 0.3) is 11.8 Å². The first-order valence-electron chi connectivity index (χ1n) is 15.8. The average molecular weight is 628 g/mol. The summed E-state index contributed by atoms with van der Waals surface area (Å²) in [6.07, 6.45) is 2.22. The molecule has 1 fully saturated rings. The minimum Gasteiger partial charge on any atom is -0.493 e. The summed E-state index contributed by atoms with van der Waals surface area (Å²) in [6, 6.07) is 7.42. The summed E-state index contributed by atoms with van der Waals surface area (Å²) in [5.74, 6) is -0.575. The molecule has 0 radical (unpaired) electrons. The molecule has 0 bridgehead atoms. The van der Waals surface area contributed by atoms with E-state index in [9.17, 15) is 14.4 Å². The van der Waals surface area contributed by atoms with Crippen molar-refractivity contribution in [2.75, 3.05) is 47.5 Å². The highest BCUT2D eigenvalue weighted by Gasteiger charge is 2.35. The van der Waals surface area contributed by atoms with E-state index in [1.165, 1.54) is 23.1 Å².